The van der Waals surface area contributed by atoms with Crippen molar-refractivity contribution in [2.45, 2.75) is 0 Å². The largest absolute Gasteiger partial charge is 0.480 e. The SMILES string of the molecule is COc1nc(Oc2ccc(Br)cc2N)ncc1Br. The Labute approximate surface area is 121 Å². The molecule has 0 saturated heterocycles. The standard InChI is InChI=1S/C11H9Br2N3O2/c1-17-10-7(13)5-15-11(16-10)18-9-3-2-6(12)4-8(9)14/h2-5H,14H2,1H3. The molecule has 0 fully saturated rings. The predicted octanol–water partition coefficient (Wildman–Crippen LogP) is 3.38. The van der Waals surface area contributed by atoms with Crippen molar-refractivity contribution in [3.05, 3.63) is 33.3 Å². The van der Waals surface area contributed by atoms with Gasteiger partial charge in [-0.3, -0.25) is 0 Å². The summed E-state index contributed by atoms with van der Waals surface area (Å²) in [5.74, 6) is 0.887. The van der Waals surface area contributed by atoms with Gasteiger partial charge in [-0.25, -0.2) is 4.98 Å². The highest BCUT2D eigenvalue weighted by atomic mass is 79.9. The number of hydrogen-bond acceptors (Lipinski definition) is 5. The summed E-state index contributed by atoms with van der Waals surface area (Å²) in [5, 5.41) is 0. The highest BCUT2D eigenvalue weighted by Gasteiger charge is 2.09. The molecule has 1 aromatic heterocycles. The normalized spacial score (nSPS) is 10.2. The maximum absolute atomic E-state index is 5.82. The van der Waals surface area contributed by atoms with E-state index in [2.05, 4.69) is 41.8 Å². The summed E-state index contributed by atoms with van der Waals surface area (Å²) in [7, 11) is 1.52. The molecule has 94 valence electrons. The van der Waals surface area contributed by atoms with Gasteiger partial charge in [0.25, 0.3) is 0 Å². The van der Waals surface area contributed by atoms with Crippen LogP contribution in [0.15, 0.2) is 33.3 Å². The number of aromatic nitrogens is 2. The first-order valence-corrected chi connectivity index (χ1v) is 6.48. The van der Waals surface area contributed by atoms with Crippen LogP contribution in [-0.2, 0) is 0 Å². The van der Waals surface area contributed by atoms with Crippen LogP contribution in [0.3, 0.4) is 0 Å². The lowest BCUT2D eigenvalue weighted by Crippen LogP contribution is -1.98. The van der Waals surface area contributed by atoms with Crippen LogP contribution < -0.4 is 15.2 Å². The van der Waals surface area contributed by atoms with Gasteiger partial charge in [0.15, 0.2) is 5.75 Å². The van der Waals surface area contributed by atoms with E-state index in [9.17, 15) is 0 Å². The summed E-state index contributed by atoms with van der Waals surface area (Å²) < 4.78 is 12.1. The molecule has 0 spiro atoms. The number of methoxy groups -OCH3 is 1. The molecule has 0 radical (unpaired) electrons. The second-order valence-electron chi connectivity index (χ2n) is 3.29. The summed E-state index contributed by atoms with van der Waals surface area (Å²) in [6.45, 7) is 0. The van der Waals surface area contributed by atoms with Crippen molar-refractivity contribution < 1.29 is 9.47 Å². The minimum atomic E-state index is 0.170. The molecular formula is C11H9Br2N3O2. The van der Waals surface area contributed by atoms with Crippen LogP contribution in [0.5, 0.6) is 17.6 Å². The van der Waals surface area contributed by atoms with Crippen molar-refractivity contribution >= 4 is 37.5 Å². The zero-order valence-electron chi connectivity index (χ0n) is 9.35. The second-order valence-corrected chi connectivity index (χ2v) is 5.06. The van der Waals surface area contributed by atoms with Gasteiger partial charge in [-0.05, 0) is 34.1 Å². The molecule has 2 N–H and O–H groups in total. The van der Waals surface area contributed by atoms with E-state index in [0.717, 1.165) is 4.47 Å². The minimum absolute atomic E-state index is 0.170. The third-order valence-corrected chi connectivity index (χ3v) is 3.09. The number of ether oxygens (including phenoxy) is 2. The third kappa shape index (κ3) is 2.91. The summed E-state index contributed by atoms with van der Waals surface area (Å²) in [5.41, 5.74) is 6.31. The van der Waals surface area contributed by atoms with E-state index >= 15 is 0 Å². The molecule has 2 aromatic rings. The van der Waals surface area contributed by atoms with Gasteiger partial charge < -0.3 is 15.2 Å². The Morgan fingerprint density at radius 3 is 2.72 bits per heavy atom. The molecule has 0 aliphatic heterocycles. The fourth-order valence-electron chi connectivity index (χ4n) is 1.24. The minimum Gasteiger partial charge on any atom is -0.480 e. The van der Waals surface area contributed by atoms with E-state index in [1.807, 2.05) is 6.07 Å². The first-order valence-electron chi connectivity index (χ1n) is 4.89. The van der Waals surface area contributed by atoms with Gasteiger partial charge in [0.05, 0.1) is 23.5 Å². The maximum Gasteiger partial charge on any atom is 0.325 e. The van der Waals surface area contributed by atoms with Crippen molar-refractivity contribution in [1.29, 1.82) is 0 Å². The van der Waals surface area contributed by atoms with E-state index in [4.69, 9.17) is 15.2 Å². The van der Waals surface area contributed by atoms with Gasteiger partial charge >= 0.3 is 6.01 Å². The topological polar surface area (TPSA) is 70.3 Å². The Kier molecular flexibility index (Phi) is 4.03. The van der Waals surface area contributed by atoms with Gasteiger partial charge in [0.1, 0.15) is 0 Å². The van der Waals surface area contributed by atoms with E-state index in [0.29, 0.717) is 21.8 Å². The van der Waals surface area contributed by atoms with E-state index in [1.54, 1.807) is 18.3 Å². The Bertz CT molecular complexity index is 578. The average molecular weight is 375 g/mol. The second kappa shape index (κ2) is 5.53. The van der Waals surface area contributed by atoms with Gasteiger partial charge in [0, 0.05) is 4.47 Å². The van der Waals surface area contributed by atoms with Crippen LogP contribution >= 0.6 is 31.9 Å². The van der Waals surface area contributed by atoms with E-state index < -0.39 is 0 Å². The Morgan fingerprint density at radius 2 is 2.06 bits per heavy atom. The molecule has 7 heteroatoms. The van der Waals surface area contributed by atoms with Gasteiger partial charge in [-0.1, -0.05) is 15.9 Å². The first-order chi connectivity index (χ1) is 8.60. The van der Waals surface area contributed by atoms with Crippen LogP contribution in [0.1, 0.15) is 0 Å². The molecule has 0 aliphatic carbocycles. The van der Waals surface area contributed by atoms with E-state index in [1.165, 1.54) is 7.11 Å². The molecule has 1 heterocycles. The van der Waals surface area contributed by atoms with Crippen molar-refractivity contribution in [1.82, 2.24) is 9.97 Å². The van der Waals surface area contributed by atoms with Crippen LogP contribution in [-0.4, -0.2) is 17.1 Å². The number of benzene rings is 1. The highest BCUT2D eigenvalue weighted by molar-refractivity contribution is 9.10. The molecule has 18 heavy (non-hydrogen) atoms. The molecule has 0 atom stereocenters. The summed E-state index contributed by atoms with van der Waals surface area (Å²) in [6, 6.07) is 5.47. The zero-order valence-corrected chi connectivity index (χ0v) is 12.5. The number of halogens is 2. The van der Waals surface area contributed by atoms with Crippen LogP contribution in [0.2, 0.25) is 0 Å². The number of nitrogens with two attached hydrogens (primary N) is 1. The van der Waals surface area contributed by atoms with Crippen molar-refractivity contribution in [2.75, 3.05) is 12.8 Å². The summed E-state index contributed by atoms with van der Waals surface area (Å²) in [6.07, 6.45) is 1.55. The van der Waals surface area contributed by atoms with Crippen LogP contribution in [0, 0.1) is 0 Å². The molecular weight excluding hydrogens is 366 g/mol. The van der Waals surface area contributed by atoms with Gasteiger partial charge in [-0.2, -0.15) is 4.98 Å². The predicted molar refractivity (Wildman–Crippen MR) is 74.9 cm³/mol. The maximum atomic E-state index is 5.82. The van der Waals surface area contributed by atoms with Crippen molar-refractivity contribution in [3.8, 4) is 17.6 Å². The molecule has 0 saturated carbocycles. The molecule has 0 amide bonds. The Morgan fingerprint density at radius 1 is 1.28 bits per heavy atom. The lowest BCUT2D eigenvalue weighted by atomic mass is 10.3. The molecule has 0 unspecified atom stereocenters. The third-order valence-electron chi connectivity index (χ3n) is 2.06. The van der Waals surface area contributed by atoms with Crippen LogP contribution in [0.25, 0.3) is 0 Å². The highest BCUT2D eigenvalue weighted by Crippen LogP contribution is 2.30. The molecule has 0 aliphatic rings. The monoisotopic (exact) mass is 373 g/mol. The molecule has 5 nitrogen and oxygen atoms in total. The van der Waals surface area contributed by atoms with E-state index in [-0.39, 0.29) is 6.01 Å². The first kappa shape index (κ1) is 13.1. The molecule has 0 bridgehead atoms. The van der Waals surface area contributed by atoms with Gasteiger partial charge in [-0.15, -0.1) is 0 Å². The Hall–Kier alpha value is -1.34. The summed E-state index contributed by atoms with van der Waals surface area (Å²) >= 11 is 6.58. The van der Waals surface area contributed by atoms with Crippen molar-refractivity contribution in [2.24, 2.45) is 0 Å². The number of nitrogen functional groups attached to an aromatic ring is 1. The number of hydrogen-bond donors (Lipinski definition) is 1. The fraction of sp³-hybridized carbons (Fsp3) is 0.0909. The fourth-order valence-corrected chi connectivity index (χ4v) is 1.97. The number of rotatable bonds is 3. The quantitative estimate of drug-likeness (QED) is 0.834. The smallest absolute Gasteiger partial charge is 0.325 e. The Balaban J connectivity index is 2.28. The lowest BCUT2D eigenvalue weighted by Gasteiger charge is -2.08. The molecule has 2 rings (SSSR count). The number of anilines is 1. The number of nitrogens with zero attached hydrogens (tertiary/aromatic N) is 2. The van der Waals surface area contributed by atoms with Gasteiger partial charge in [0.2, 0.25) is 5.88 Å². The molecule has 1 aromatic carbocycles. The zero-order chi connectivity index (χ0) is 13.1. The van der Waals surface area contributed by atoms with Crippen LogP contribution in [0.4, 0.5) is 5.69 Å². The average Bonchev–Trinajstić information content (AvgIpc) is 2.35. The van der Waals surface area contributed by atoms with Crippen molar-refractivity contribution in [3.63, 3.8) is 0 Å². The summed E-state index contributed by atoms with van der Waals surface area (Å²) in [4.78, 5) is 8.10. The lowest BCUT2D eigenvalue weighted by molar-refractivity contribution is 0.374.